The number of hydrogen-bond donors (Lipinski definition) is 1. The number of aromatic nitrogens is 2. The quantitative estimate of drug-likeness (QED) is 0.541. The topological polar surface area (TPSA) is 68.0 Å². The number of nitrogens with zero attached hydrogens (tertiary/aromatic N) is 2. The van der Waals surface area contributed by atoms with Crippen molar-refractivity contribution in [1.29, 1.82) is 0 Å². The van der Waals surface area contributed by atoms with Crippen molar-refractivity contribution in [3.63, 3.8) is 0 Å². The third-order valence-electron chi connectivity index (χ3n) is 3.66. The van der Waals surface area contributed by atoms with Crippen LogP contribution >= 0.6 is 22.9 Å². The van der Waals surface area contributed by atoms with Crippen molar-refractivity contribution in [3.8, 4) is 11.5 Å². The van der Waals surface area contributed by atoms with Gasteiger partial charge in [0.2, 0.25) is 5.89 Å². The van der Waals surface area contributed by atoms with Crippen molar-refractivity contribution < 1.29 is 9.21 Å². The first-order valence-electron chi connectivity index (χ1n) is 7.51. The van der Waals surface area contributed by atoms with E-state index in [1.54, 1.807) is 0 Å². The number of fused-ring (bicyclic) bond motifs is 1. The molecule has 1 amide bonds. The van der Waals surface area contributed by atoms with E-state index in [-0.39, 0.29) is 11.9 Å². The Hall–Kier alpha value is -2.70. The van der Waals surface area contributed by atoms with Gasteiger partial charge in [0.05, 0.1) is 5.02 Å². The van der Waals surface area contributed by atoms with Gasteiger partial charge in [-0.3, -0.25) is 10.1 Å². The Morgan fingerprint density at radius 2 is 1.96 bits per heavy atom. The van der Waals surface area contributed by atoms with Crippen LogP contribution in [-0.4, -0.2) is 16.1 Å². The van der Waals surface area contributed by atoms with E-state index in [9.17, 15) is 4.79 Å². The van der Waals surface area contributed by atoms with Crippen molar-refractivity contribution in [2.75, 3.05) is 5.32 Å². The summed E-state index contributed by atoms with van der Waals surface area (Å²) in [5, 5.41) is 11.7. The number of thiophene rings is 1. The molecule has 1 N–H and O–H groups in total. The van der Waals surface area contributed by atoms with Gasteiger partial charge in [-0.15, -0.1) is 16.4 Å². The average molecular weight is 370 g/mol. The molecule has 0 bridgehead atoms. The van der Waals surface area contributed by atoms with E-state index < -0.39 is 0 Å². The van der Waals surface area contributed by atoms with E-state index >= 15 is 0 Å². The molecule has 2 aromatic carbocycles. The van der Waals surface area contributed by atoms with Crippen molar-refractivity contribution in [2.45, 2.75) is 6.92 Å². The zero-order chi connectivity index (χ0) is 17.4. The smallest absolute Gasteiger partial charge is 0.322 e. The molecule has 0 aliphatic rings. The summed E-state index contributed by atoms with van der Waals surface area (Å²) in [6.07, 6.45) is 0. The number of anilines is 1. The Bertz CT molecular complexity index is 1070. The van der Waals surface area contributed by atoms with Gasteiger partial charge >= 0.3 is 6.01 Å². The standard InChI is InChI=1S/C18H12ClN3O2S/c1-10-7-8-12-13(9-10)25-15(14(12)19)16(23)20-18-22-21-17(24-18)11-5-3-2-4-6-11/h2-9H,1H3,(H,20,22,23). The molecule has 2 heterocycles. The molecule has 25 heavy (non-hydrogen) atoms. The first-order valence-corrected chi connectivity index (χ1v) is 8.70. The molecule has 0 aliphatic heterocycles. The number of nitrogens with one attached hydrogen (secondary N) is 1. The van der Waals surface area contributed by atoms with E-state index in [4.69, 9.17) is 16.0 Å². The minimum Gasteiger partial charge on any atom is -0.403 e. The summed E-state index contributed by atoms with van der Waals surface area (Å²) < 4.78 is 6.47. The summed E-state index contributed by atoms with van der Waals surface area (Å²) in [5.41, 5.74) is 1.90. The number of amides is 1. The summed E-state index contributed by atoms with van der Waals surface area (Å²) in [6, 6.07) is 15.3. The van der Waals surface area contributed by atoms with Crippen LogP contribution in [0.2, 0.25) is 5.02 Å². The van der Waals surface area contributed by atoms with Gasteiger partial charge in [0.25, 0.3) is 5.91 Å². The maximum atomic E-state index is 12.5. The van der Waals surface area contributed by atoms with Crippen molar-refractivity contribution in [2.24, 2.45) is 0 Å². The average Bonchev–Trinajstić information content (AvgIpc) is 3.20. The van der Waals surface area contributed by atoms with Gasteiger partial charge in [0, 0.05) is 15.6 Å². The fourth-order valence-electron chi connectivity index (χ4n) is 2.44. The molecule has 124 valence electrons. The van der Waals surface area contributed by atoms with Crippen molar-refractivity contribution >= 4 is 44.9 Å². The third-order valence-corrected chi connectivity index (χ3v) is 5.31. The predicted molar refractivity (Wildman–Crippen MR) is 99.3 cm³/mol. The summed E-state index contributed by atoms with van der Waals surface area (Å²) in [6.45, 7) is 2.00. The molecule has 0 atom stereocenters. The third kappa shape index (κ3) is 3.01. The molecule has 2 aromatic heterocycles. The maximum Gasteiger partial charge on any atom is 0.322 e. The second-order valence-electron chi connectivity index (χ2n) is 5.48. The largest absolute Gasteiger partial charge is 0.403 e. The summed E-state index contributed by atoms with van der Waals surface area (Å²) in [5.74, 6) is -0.0268. The van der Waals surface area contributed by atoms with Crippen LogP contribution in [0, 0.1) is 6.92 Å². The Labute approximate surface area is 152 Å². The Balaban J connectivity index is 1.60. The molecule has 0 spiro atoms. The fourth-order valence-corrected chi connectivity index (χ4v) is 3.95. The number of hydrogen-bond acceptors (Lipinski definition) is 5. The fraction of sp³-hybridized carbons (Fsp3) is 0.0556. The lowest BCUT2D eigenvalue weighted by Crippen LogP contribution is -2.10. The Morgan fingerprint density at radius 1 is 1.16 bits per heavy atom. The van der Waals surface area contributed by atoms with Crippen LogP contribution in [0.5, 0.6) is 0 Å². The van der Waals surface area contributed by atoms with Crippen LogP contribution in [0.1, 0.15) is 15.2 Å². The highest BCUT2D eigenvalue weighted by Gasteiger charge is 2.19. The number of carbonyl (C=O) groups excluding carboxylic acids is 1. The first-order chi connectivity index (χ1) is 12.1. The number of benzene rings is 2. The van der Waals surface area contributed by atoms with Gasteiger partial charge in [0.1, 0.15) is 4.88 Å². The minimum atomic E-state index is -0.368. The summed E-state index contributed by atoms with van der Waals surface area (Å²) >= 11 is 7.69. The lowest BCUT2D eigenvalue weighted by Gasteiger charge is -1.98. The summed E-state index contributed by atoms with van der Waals surface area (Å²) in [7, 11) is 0. The highest BCUT2D eigenvalue weighted by Crippen LogP contribution is 2.36. The van der Waals surface area contributed by atoms with Gasteiger partial charge < -0.3 is 4.42 Å². The van der Waals surface area contributed by atoms with Crippen LogP contribution in [0.15, 0.2) is 52.9 Å². The zero-order valence-corrected chi connectivity index (χ0v) is 14.7. The molecule has 0 unspecified atom stereocenters. The molecular weight excluding hydrogens is 358 g/mol. The van der Waals surface area contributed by atoms with Crippen molar-refractivity contribution in [3.05, 3.63) is 64.0 Å². The van der Waals surface area contributed by atoms with E-state index in [1.807, 2.05) is 55.5 Å². The molecule has 0 saturated carbocycles. The van der Waals surface area contributed by atoms with Gasteiger partial charge in [-0.1, -0.05) is 47.0 Å². The molecular formula is C18H12ClN3O2S. The highest BCUT2D eigenvalue weighted by atomic mass is 35.5. The Kier molecular flexibility index (Phi) is 3.99. The van der Waals surface area contributed by atoms with Crippen molar-refractivity contribution in [1.82, 2.24) is 10.2 Å². The molecule has 0 radical (unpaired) electrons. The first kappa shape index (κ1) is 15.8. The number of carbonyl (C=O) groups is 1. The number of rotatable bonds is 3. The van der Waals surface area contributed by atoms with Gasteiger partial charge in [-0.25, -0.2) is 0 Å². The number of halogens is 1. The molecule has 7 heteroatoms. The van der Waals surface area contributed by atoms with Crippen LogP contribution < -0.4 is 5.32 Å². The van der Waals surface area contributed by atoms with Crippen LogP contribution in [0.25, 0.3) is 21.5 Å². The molecule has 0 fully saturated rings. The van der Waals surface area contributed by atoms with E-state index in [1.165, 1.54) is 11.3 Å². The van der Waals surface area contributed by atoms with Crippen LogP contribution in [0.3, 0.4) is 0 Å². The van der Waals surface area contributed by atoms with E-state index in [2.05, 4.69) is 15.5 Å². The molecule has 0 aliphatic carbocycles. The number of aryl methyl sites for hydroxylation is 1. The molecule has 4 aromatic rings. The molecule has 0 saturated heterocycles. The van der Waals surface area contributed by atoms with E-state index in [0.29, 0.717) is 15.8 Å². The second kappa shape index (κ2) is 6.31. The lowest BCUT2D eigenvalue weighted by molar-refractivity contribution is 0.102. The lowest BCUT2D eigenvalue weighted by atomic mass is 10.2. The molecule has 5 nitrogen and oxygen atoms in total. The van der Waals surface area contributed by atoms with Gasteiger partial charge in [0.15, 0.2) is 0 Å². The van der Waals surface area contributed by atoms with Crippen LogP contribution in [0.4, 0.5) is 6.01 Å². The zero-order valence-electron chi connectivity index (χ0n) is 13.1. The summed E-state index contributed by atoms with van der Waals surface area (Å²) in [4.78, 5) is 12.9. The Morgan fingerprint density at radius 3 is 2.76 bits per heavy atom. The van der Waals surface area contributed by atoms with Gasteiger partial charge in [-0.2, -0.15) is 0 Å². The normalized spacial score (nSPS) is 11.0. The van der Waals surface area contributed by atoms with E-state index in [0.717, 1.165) is 21.2 Å². The SMILES string of the molecule is Cc1ccc2c(Cl)c(C(=O)Nc3nnc(-c4ccccc4)o3)sc2c1. The van der Waals surface area contributed by atoms with Crippen LogP contribution in [-0.2, 0) is 0 Å². The maximum absolute atomic E-state index is 12.5. The monoisotopic (exact) mass is 369 g/mol. The predicted octanol–water partition coefficient (Wildman–Crippen LogP) is 5.17. The highest BCUT2D eigenvalue weighted by molar-refractivity contribution is 7.21. The second-order valence-corrected chi connectivity index (χ2v) is 6.91. The molecule has 4 rings (SSSR count). The van der Waals surface area contributed by atoms with Gasteiger partial charge in [-0.05, 0) is 30.7 Å². The minimum absolute atomic E-state index is 0.0357.